The van der Waals surface area contributed by atoms with Crippen molar-refractivity contribution in [2.45, 2.75) is 38.0 Å². The fraction of sp³-hybridized carbons (Fsp3) is 0.300. The Bertz CT molecular complexity index is 972. The first kappa shape index (κ1) is 17.6. The molecule has 0 unspecified atom stereocenters. The van der Waals surface area contributed by atoms with Crippen LogP contribution in [0.1, 0.15) is 40.7 Å². The van der Waals surface area contributed by atoms with E-state index in [1.165, 1.54) is 12.1 Å². The van der Waals surface area contributed by atoms with Gasteiger partial charge in [0.05, 0.1) is 28.5 Å². The highest BCUT2D eigenvalue weighted by Gasteiger charge is 2.30. The van der Waals surface area contributed by atoms with Crippen LogP contribution in [0.3, 0.4) is 0 Å². The van der Waals surface area contributed by atoms with Gasteiger partial charge >= 0.3 is 6.18 Å². The van der Waals surface area contributed by atoms with Gasteiger partial charge in [-0.25, -0.2) is 4.98 Å². The zero-order chi connectivity index (χ0) is 19.0. The molecule has 1 amide bonds. The second kappa shape index (κ2) is 6.72. The number of benzene rings is 2. The van der Waals surface area contributed by atoms with Gasteiger partial charge in [-0.3, -0.25) is 4.79 Å². The smallest absolute Gasteiger partial charge is 0.349 e. The number of nitrogens with one attached hydrogen (secondary N) is 1. The van der Waals surface area contributed by atoms with Crippen LogP contribution >= 0.6 is 0 Å². The van der Waals surface area contributed by atoms with Gasteiger partial charge in [0.25, 0.3) is 5.91 Å². The van der Waals surface area contributed by atoms with Crippen LogP contribution in [-0.4, -0.2) is 21.5 Å². The topological polar surface area (TPSA) is 46.9 Å². The Morgan fingerprint density at radius 1 is 1.15 bits per heavy atom. The third-order valence-corrected chi connectivity index (χ3v) is 4.96. The molecule has 140 valence electrons. The maximum absolute atomic E-state index is 12.7. The maximum atomic E-state index is 12.7. The first-order valence-electron chi connectivity index (χ1n) is 8.83. The molecule has 1 N–H and O–H groups in total. The summed E-state index contributed by atoms with van der Waals surface area (Å²) in [5.74, 6) is -0.139. The van der Waals surface area contributed by atoms with Crippen molar-refractivity contribution in [3.05, 3.63) is 65.5 Å². The standard InChI is InChI=1S/C20H18F3N3O/c21-20(22,23)14-9-7-13(8-10-14)11-26-12-24-17-6-2-5-16(18(17)26)19(27)25-15-3-1-4-15/h2,5-10,12,15H,1,3-4,11H2,(H,25,27). The lowest BCUT2D eigenvalue weighted by Gasteiger charge is -2.26. The Balaban J connectivity index is 1.63. The second-order valence-corrected chi connectivity index (χ2v) is 6.84. The number of rotatable bonds is 4. The van der Waals surface area contributed by atoms with Gasteiger partial charge in [0.1, 0.15) is 0 Å². The number of nitrogens with zero attached hydrogens (tertiary/aromatic N) is 2. The quantitative estimate of drug-likeness (QED) is 0.738. The summed E-state index contributed by atoms with van der Waals surface area (Å²) < 4.78 is 40.0. The van der Waals surface area contributed by atoms with Crippen LogP contribution in [0.15, 0.2) is 48.8 Å². The summed E-state index contributed by atoms with van der Waals surface area (Å²) in [6, 6.07) is 10.6. The number of alkyl halides is 3. The zero-order valence-electron chi connectivity index (χ0n) is 14.5. The predicted octanol–water partition coefficient (Wildman–Crippen LogP) is 4.39. The number of aromatic nitrogens is 2. The second-order valence-electron chi connectivity index (χ2n) is 6.84. The number of para-hydroxylation sites is 1. The molecule has 0 spiro atoms. The summed E-state index contributed by atoms with van der Waals surface area (Å²) >= 11 is 0. The molecule has 1 aliphatic carbocycles. The lowest BCUT2D eigenvalue weighted by Crippen LogP contribution is -2.39. The number of hydrogen-bond acceptors (Lipinski definition) is 2. The number of imidazole rings is 1. The molecule has 1 saturated carbocycles. The summed E-state index contributed by atoms with van der Waals surface area (Å²) in [5.41, 5.74) is 1.93. The number of amides is 1. The zero-order valence-corrected chi connectivity index (χ0v) is 14.5. The number of fused-ring (bicyclic) bond motifs is 1. The van der Waals surface area contributed by atoms with E-state index in [-0.39, 0.29) is 11.9 Å². The maximum Gasteiger partial charge on any atom is 0.416 e. The first-order valence-corrected chi connectivity index (χ1v) is 8.83. The van der Waals surface area contributed by atoms with Crippen LogP contribution in [0.2, 0.25) is 0 Å². The molecule has 2 aromatic carbocycles. The molecule has 1 heterocycles. The molecular weight excluding hydrogens is 355 g/mol. The van der Waals surface area contributed by atoms with Crippen molar-refractivity contribution < 1.29 is 18.0 Å². The van der Waals surface area contributed by atoms with Crippen LogP contribution < -0.4 is 5.32 Å². The van der Waals surface area contributed by atoms with E-state index in [1.807, 2.05) is 6.07 Å². The monoisotopic (exact) mass is 373 g/mol. The predicted molar refractivity (Wildman–Crippen MR) is 95.4 cm³/mol. The molecule has 0 radical (unpaired) electrons. The van der Waals surface area contributed by atoms with E-state index in [1.54, 1.807) is 23.0 Å². The summed E-state index contributed by atoms with van der Waals surface area (Å²) in [6.07, 6.45) is 0.371. The van der Waals surface area contributed by atoms with Crippen molar-refractivity contribution in [3.8, 4) is 0 Å². The largest absolute Gasteiger partial charge is 0.416 e. The van der Waals surface area contributed by atoms with Crippen LogP contribution in [0.5, 0.6) is 0 Å². The van der Waals surface area contributed by atoms with Gasteiger partial charge in [0.15, 0.2) is 0 Å². The third kappa shape index (κ3) is 3.54. The Kier molecular flexibility index (Phi) is 4.37. The van der Waals surface area contributed by atoms with Crippen molar-refractivity contribution in [1.29, 1.82) is 0 Å². The summed E-state index contributed by atoms with van der Waals surface area (Å²) in [4.78, 5) is 17.0. The number of carbonyl (C=O) groups excluding carboxylic acids is 1. The molecule has 7 heteroatoms. The van der Waals surface area contributed by atoms with Crippen LogP contribution in [0.25, 0.3) is 11.0 Å². The fourth-order valence-corrected chi connectivity index (χ4v) is 3.24. The van der Waals surface area contributed by atoms with E-state index >= 15 is 0 Å². The number of carbonyl (C=O) groups is 1. The summed E-state index contributed by atoms with van der Waals surface area (Å²) in [5, 5.41) is 3.02. The SMILES string of the molecule is O=C(NC1CCC1)c1cccc2ncn(Cc3ccc(C(F)(F)F)cc3)c12. The summed E-state index contributed by atoms with van der Waals surface area (Å²) in [7, 11) is 0. The van der Waals surface area contributed by atoms with Crippen LogP contribution in [-0.2, 0) is 12.7 Å². The Morgan fingerprint density at radius 3 is 2.52 bits per heavy atom. The Morgan fingerprint density at radius 2 is 1.89 bits per heavy atom. The lowest BCUT2D eigenvalue weighted by molar-refractivity contribution is -0.137. The molecule has 0 aliphatic heterocycles. The fourth-order valence-electron chi connectivity index (χ4n) is 3.24. The van der Waals surface area contributed by atoms with E-state index in [0.29, 0.717) is 28.7 Å². The highest BCUT2D eigenvalue weighted by Crippen LogP contribution is 2.29. The van der Waals surface area contributed by atoms with Gasteiger partial charge in [0.2, 0.25) is 0 Å². The van der Waals surface area contributed by atoms with E-state index in [9.17, 15) is 18.0 Å². The van der Waals surface area contributed by atoms with E-state index in [4.69, 9.17) is 0 Å². The highest BCUT2D eigenvalue weighted by molar-refractivity contribution is 6.05. The Labute approximate surface area is 154 Å². The molecule has 4 rings (SSSR count). The van der Waals surface area contributed by atoms with Gasteiger partial charge in [-0.15, -0.1) is 0 Å². The van der Waals surface area contributed by atoms with E-state index < -0.39 is 11.7 Å². The number of halogens is 3. The van der Waals surface area contributed by atoms with Gasteiger partial charge in [0, 0.05) is 12.6 Å². The van der Waals surface area contributed by atoms with Crippen LogP contribution in [0, 0.1) is 0 Å². The molecule has 27 heavy (non-hydrogen) atoms. The minimum Gasteiger partial charge on any atom is -0.349 e. The van der Waals surface area contributed by atoms with Gasteiger partial charge in [-0.1, -0.05) is 18.2 Å². The first-order chi connectivity index (χ1) is 12.9. The molecule has 4 nitrogen and oxygen atoms in total. The van der Waals surface area contributed by atoms with Gasteiger partial charge in [-0.2, -0.15) is 13.2 Å². The summed E-state index contributed by atoms with van der Waals surface area (Å²) in [6.45, 7) is 0.336. The third-order valence-electron chi connectivity index (χ3n) is 4.96. The van der Waals surface area contributed by atoms with E-state index in [2.05, 4.69) is 10.3 Å². The molecule has 1 fully saturated rings. The number of hydrogen-bond donors (Lipinski definition) is 1. The van der Waals surface area contributed by atoms with Crippen molar-refractivity contribution >= 4 is 16.9 Å². The van der Waals surface area contributed by atoms with Gasteiger partial charge < -0.3 is 9.88 Å². The normalized spacial score (nSPS) is 14.9. The molecule has 0 atom stereocenters. The Hall–Kier alpha value is -2.83. The minimum absolute atomic E-state index is 0.139. The van der Waals surface area contributed by atoms with Gasteiger partial charge in [-0.05, 0) is 49.1 Å². The molecule has 0 bridgehead atoms. The average molecular weight is 373 g/mol. The molecular formula is C20H18F3N3O. The molecule has 3 aromatic rings. The molecule has 1 aliphatic rings. The van der Waals surface area contributed by atoms with Crippen molar-refractivity contribution in [3.63, 3.8) is 0 Å². The lowest BCUT2D eigenvalue weighted by atomic mass is 9.93. The highest BCUT2D eigenvalue weighted by atomic mass is 19.4. The van der Waals surface area contributed by atoms with Crippen molar-refractivity contribution in [2.75, 3.05) is 0 Å². The molecule has 1 aromatic heterocycles. The van der Waals surface area contributed by atoms with Crippen molar-refractivity contribution in [2.24, 2.45) is 0 Å². The average Bonchev–Trinajstić information content (AvgIpc) is 3.01. The van der Waals surface area contributed by atoms with Crippen LogP contribution in [0.4, 0.5) is 13.2 Å². The van der Waals surface area contributed by atoms with Crippen molar-refractivity contribution in [1.82, 2.24) is 14.9 Å². The van der Waals surface area contributed by atoms with E-state index in [0.717, 1.165) is 31.4 Å². The molecule has 0 saturated heterocycles. The minimum atomic E-state index is -4.35.